The van der Waals surface area contributed by atoms with Crippen LogP contribution in [0.4, 0.5) is 14.5 Å². The number of anilines is 1. The smallest absolute Gasteiger partial charge is 0.341 e. The van der Waals surface area contributed by atoms with Crippen LogP contribution in [0, 0.1) is 11.6 Å². The van der Waals surface area contributed by atoms with E-state index in [2.05, 4.69) is 10.1 Å². The Morgan fingerprint density at radius 1 is 1.05 bits per heavy atom. The molecule has 1 amide bonds. The van der Waals surface area contributed by atoms with Gasteiger partial charge in [0.2, 0.25) is 0 Å². The van der Waals surface area contributed by atoms with Gasteiger partial charge in [-0.15, -0.1) is 0 Å². The zero-order valence-corrected chi connectivity index (χ0v) is 10.8. The van der Waals surface area contributed by atoms with Gasteiger partial charge in [-0.25, -0.2) is 13.6 Å². The molecule has 0 unspecified atom stereocenters. The number of para-hydroxylation sites is 1. The fourth-order valence-electron chi connectivity index (χ4n) is 1.58. The number of halogens is 2. The van der Waals surface area contributed by atoms with Crippen LogP contribution < -0.4 is 5.32 Å². The summed E-state index contributed by atoms with van der Waals surface area (Å²) in [6, 6.07) is 11.0. The van der Waals surface area contributed by atoms with Gasteiger partial charge in [0, 0.05) is 5.69 Å². The first-order valence-corrected chi connectivity index (χ1v) is 6.03. The molecule has 6 heteroatoms. The lowest BCUT2D eigenvalue weighted by atomic mass is 10.2. The lowest BCUT2D eigenvalue weighted by Gasteiger charge is -2.07. The molecule has 0 atom stereocenters. The molecule has 21 heavy (non-hydrogen) atoms. The number of benzene rings is 2. The Hall–Kier alpha value is -2.76. The number of rotatable bonds is 4. The highest BCUT2D eigenvalue weighted by atomic mass is 19.1. The Bertz CT molecular complexity index is 659. The number of hydrogen-bond donors (Lipinski definition) is 1. The van der Waals surface area contributed by atoms with Crippen LogP contribution in [0.15, 0.2) is 48.5 Å². The standard InChI is InChI=1S/C15H11F2NO3/c16-10-6-7-13(17)12(8-10)15(20)21-9-14(19)18-11-4-2-1-3-5-11/h1-8H,9H2,(H,18,19). The van der Waals surface area contributed by atoms with Gasteiger partial charge in [0.05, 0.1) is 5.56 Å². The van der Waals surface area contributed by atoms with E-state index in [0.29, 0.717) is 11.8 Å². The third-order valence-electron chi connectivity index (χ3n) is 2.54. The minimum Gasteiger partial charge on any atom is -0.452 e. The van der Waals surface area contributed by atoms with Crippen molar-refractivity contribution in [2.45, 2.75) is 0 Å². The average Bonchev–Trinajstić information content (AvgIpc) is 2.48. The second-order valence-corrected chi connectivity index (χ2v) is 4.11. The summed E-state index contributed by atoms with van der Waals surface area (Å²) in [4.78, 5) is 23.1. The summed E-state index contributed by atoms with van der Waals surface area (Å²) in [5.41, 5.74) is -0.0157. The van der Waals surface area contributed by atoms with Crippen molar-refractivity contribution < 1.29 is 23.1 Å². The third-order valence-corrected chi connectivity index (χ3v) is 2.54. The number of amides is 1. The minimum absolute atomic E-state index is 0.537. The minimum atomic E-state index is -1.10. The van der Waals surface area contributed by atoms with E-state index in [0.717, 1.165) is 12.1 Å². The summed E-state index contributed by atoms with van der Waals surface area (Å²) in [7, 11) is 0. The fraction of sp³-hybridized carbons (Fsp3) is 0.0667. The zero-order valence-electron chi connectivity index (χ0n) is 10.8. The van der Waals surface area contributed by atoms with E-state index in [1.165, 1.54) is 0 Å². The van der Waals surface area contributed by atoms with Gasteiger partial charge in [-0.1, -0.05) is 18.2 Å². The van der Waals surface area contributed by atoms with Crippen LogP contribution in [0.25, 0.3) is 0 Å². The van der Waals surface area contributed by atoms with Crippen molar-refractivity contribution in [3.05, 3.63) is 65.7 Å². The maximum atomic E-state index is 13.3. The van der Waals surface area contributed by atoms with Crippen LogP contribution >= 0.6 is 0 Å². The van der Waals surface area contributed by atoms with Gasteiger partial charge in [0.25, 0.3) is 5.91 Å². The number of esters is 1. The Morgan fingerprint density at radius 3 is 2.48 bits per heavy atom. The maximum Gasteiger partial charge on any atom is 0.341 e. The van der Waals surface area contributed by atoms with Crippen LogP contribution in [-0.2, 0) is 9.53 Å². The SMILES string of the molecule is O=C(COC(=O)c1cc(F)ccc1F)Nc1ccccc1. The quantitative estimate of drug-likeness (QED) is 0.881. The van der Waals surface area contributed by atoms with Gasteiger partial charge in [-0.05, 0) is 30.3 Å². The Kier molecular flexibility index (Phi) is 4.61. The van der Waals surface area contributed by atoms with E-state index in [9.17, 15) is 18.4 Å². The third kappa shape index (κ3) is 4.10. The highest BCUT2D eigenvalue weighted by Gasteiger charge is 2.15. The summed E-state index contributed by atoms with van der Waals surface area (Å²) in [5, 5.41) is 2.49. The summed E-state index contributed by atoms with van der Waals surface area (Å²) < 4.78 is 30.9. The molecule has 0 aliphatic heterocycles. The van der Waals surface area contributed by atoms with Crippen molar-refractivity contribution >= 4 is 17.6 Å². The lowest BCUT2D eigenvalue weighted by molar-refractivity contribution is -0.119. The van der Waals surface area contributed by atoms with Gasteiger partial charge in [0.15, 0.2) is 6.61 Å². The van der Waals surface area contributed by atoms with Crippen LogP contribution in [0.5, 0.6) is 0 Å². The summed E-state index contributed by atoms with van der Waals surface area (Å²) in [6.07, 6.45) is 0. The normalized spacial score (nSPS) is 10.0. The summed E-state index contributed by atoms with van der Waals surface area (Å²) in [6.45, 7) is -0.594. The topological polar surface area (TPSA) is 55.4 Å². The van der Waals surface area contributed by atoms with E-state index in [-0.39, 0.29) is 0 Å². The Balaban J connectivity index is 1.92. The fourth-order valence-corrected chi connectivity index (χ4v) is 1.58. The molecule has 0 bridgehead atoms. The van der Waals surface area contributed by atoms with Crippen LogP contribution in [0.3, 0.4) is 0 Å². The van der Waals surface area contributed by atoms with Crippen LogP contribution in [0.1, 0.15) is 10.4 Å². The second-order valence-electron chi connectivity index (χ2n) is 4.11. The van der Waals surface area contributed by atoms with Crippen molar-refractivity contribution in [1.29, 1.82) is 0 Å². The first-order chi connectivity index (χ1) is 10.1. The molecule has 0 radical (unpaired) electrons. The van der Waals surface area contributed by atoms with E-state index in [1.807, 2.05) is 0 Å². The lowest BCUT2D eigenvalue weighted by Crippen LogP contribution is -2.21. The van der Waals surface area contributed by atoms with Crippen molar-refractivity contribution in [2.24, 2.45) is 0 Å². The molecule has 0 aliphatic rings. The zero-order chi connectivity index (χ0) is 15.2. The van der Waals surface area contributed by atoms with E-state index < -0.39 is 35.7 Å². The van der Waals surface area contributed by atoms with Crippen LogP contribution in [-0.4, -0.2) is 18.5 Å². The van der Waals surface area contributed by atoms with Gasteiger partial charge in [-0.3, -0.25) is 4.79 Å². The molecule has 0 saturated carbocycles. The van der Waals surface area contributed by atoms with Gasteiger partial charge in [-0.2, -0.15) is 0 Å². The van der Waals surface area contributed by atoms with Crippen molar-refractivity contribution in [2.75, 3.05) is 11.9 Å². The molecule has 0 spiro atoms. The number of hydrogen-bond acceptors (Lipinski definition) is 3. The highest BCUT2D eigenvalue weighted by molar-refractivity contribution is 5.95. The van der Waals surface area contributed by atoms with E-state index in [1.54, 1.807) is 30.3 Å². The molecular formula is C15H11F2NO3. The van der Waals surface area contributed by atoms with Gasteiger partial charge in [0.1, 0.15) is 11.6 Å². The van der Waals surface area contributed by atoms with E-state index in [4.69, 9.17) is 0 Å². The first kappa shape index (κ1) is 14.6. The molecule has 0 aromatic heterocycles. The van der Waals surface area contributed by atoms with E-state index >= 15 is 0 Å². The maximum absolute atomic E-state index is 13.3. The number of carbonyl (C=O) groups excluding carboxylic acids is 2. The molecule has 4 nitrogen and oxygen atoms in total. The number of carbonyl (C=O) groups is 2. The average molecular weight is 291 g/mol. The molecular weight excluding hydrogens is 280 g/mol. The molecule has 2 aromatic carbocycles. The van der Waals surface area contributed by atoms with Crippen LogP contribution in [0.2, 0.25) is 0 Å². The molecule has 108 valence electrons. The molecule has 2 aromatic rings. The van der Waals surface area contributed by atoms with Gasteiger partial charge < -0.3 is 10.1 Å². The predicted molar refractivity (Wildman–Crippen MR) is 71.7 cm³/mol. The Morgan fingerprint density at radius 2 is 1.76 bits per heavy atom. The Labute approximate surface area is 119 Å². The first-order valence-electron chi connectivity index (χ1n) is 6.03. The van der Waals surface area contributed by atoms with Gasteiger partial charge >= 0.3 is 5.97 Å². The predicted octanol–water partition coefficient (Wildman–Crippen LogP) is 2.76. The molecule has 0 heterocycles. The van der Waals surface area contributed by atoms with Crippen molar-refractivity contribution in [1.82, 2.24) is 0 Å². The largest absolute Gasteiger partial charge is 0.452 e. The molecule has 0 aliphatic carbocycles. The molecule has 0 fully saturated rings. The van der Waals surface area contributed by atoms with Crippen molar-refractivity contribution in [3.63, 3.8) is 0 Å². The number of nitrogens with one attached hydrogen (secondary N) is 1. The highest BCUT2D eigenvalue weighted by Crippen LogP contribution is 2.11. The summed E-state index contributed by atoms with van der Waals surface area (Å²) >= 11 is 0. The molecule has 1 N–H and O–H groups in total. The number of ether oxygens (including phenoxy) is 1. The molecule has 0 saturated heterocycles. The monoisotopic (exact) mass is 291 g/mol. The molecule has 2 rings (SSSR count). The van der Waals surface area contributed by atoms with Crippen molar-refractivity contribution in [3.8, 4) is 0 Å². The second kappa shape index (κ2) is 6.60. The summed E-state index contributed by atoms with van der Waals surface area (Å²) in [5.74, 6) is -3.36.